The number of hydrogen-bond acceptors (Lipinski definition) is 2. The number of nitrogens with one attached hydrogen (secondary N) is 1. The van der Waals surface area contributed by atoms with Gasteiger partial charge in [0.05, 0.1) is 18.8 Å². The highest BCUT2D eigenvalue weighted by Gasteiger charge is 2.38. The second kappa shape index (κ2) is 5.36. The van der Waals surface area contributed by atoms with Gasteiger partial charge in [-0.2, -0.15) is 0 Å². The van der Waals surface area contributed by atoms with Crippen molar-refractivity contribution < 1.29 is 4.74 Å². The van der Waals surface area contributed by atoms with Crippen molar-refractivity contribution in [3.8, 4) is 5.75 Å². The number of ether oxygens (including phenoxy) is 1. The summed E-state index contributed by atoms with van der Waals surface area (Å²) in [5.74, 6) is 1.91. The number of benzene rings is 2. The third-order valence-corrected chi connectivity index (χ3v) is 5.06. The van der Waals surface area contributed by atoms with E-state index in [1.54, 1.807) is 7.11 Å². The molecule has 22 heavy (non-hydrogen) atoms. The number of allylic oxidation sites excluding steroid dienone is 2. The lowest BCUT2D eigenvalue weighted by Gasteiger charge is -2.38. The van der Waals surface area contributed by atoms with Crippen molar-refractivity contribution in [1.82, 2.24) is 0 Å². The molecule has 0 fully saturated rings. The number of methoxy groups -OCH3 is 1. The van der Waals surface area contributed by atoms with Crippen molar-refractivity contribution in [3.05, 3.63) is 70.8 Å². The Morgan fingerprint density at radius 3 is 2.73 bits per heavy atom. The quantitative estimate of drug-likeness (QED) is 0.772. The average molecular weight is 312 g/mol. The van der Waals surface area contributed by atoms with E-state index >= 15 is 0 Å². The Morgan fingerprint density at radius 1 is 1.14 bits per heavy atom. The SMILES string of the molecule is COc1cccc2c1N[C@@H](c1ccc(Cl)cc1)[C@H]1CC=C[C@H]21. The summed E-state index contributed by atoms with van der Waals surface area (Å²) in [5.41, 5.74) is 3.74. The Balaban J connectivity index is 1.81. The molecule has 1 aliphatic heterocycles. The summed E-state index contributed by atoms with van der Waals surface area (Å²) >= 11 is 6.04. The molecule has 2 nitrogen and oxygen atoms in total. The Bertz CT molecular complexity index is 723. The number of fused-ring (bicyclic) bond motifs is 3. The zero-order chi connectivity index (χ0) is 15.1. The van der Waals surface area contributed by atoms with Gasteiger partial charge in [-0.15, -0.1) is 0 Å². The van der Waals surface area contributed by atoms with E-state index in [0.29, 0.717) is 11.8 Å². The molecule has 2 aromatic rings. The first kappa shape index (κ1) is 13.7. The van der Waals surface area contributed by atoms with Gasteiger partial charge in [-0.05, 0) is 41.7 Å². The predicted molar refractivity (Wildman–Crippen MR) is 90.8 cm³/mol. The molecule has 0 unspecified atom stereocenters. The zero-order valence-electron chi connectivity index (χ0n) is 12.4. The van der Waals surface area contributed by atoms with Crippen molar-refractivity contribution in [2.75, 3.05) is 12.4 Å². The van der Waals surface area contributed by atoms with Crippen molar-refractivity contribution in [2.45, 2.75) is 18.4 Å². The molecule has 0 spiro atoms. The smallest absolute Gasteiger partial charge is 0.142 e. The van der Waals surface area contributed by atoms with Crippen LogP contribution in [0.15, 0.2) is 54.6 Å². The molecule has 1 heterocycles. The molecular formula is C19H18ClNO. The number of para-hydroxylation sites is 1. The molecule has 4 rings (SSSR count). The summed E-state index contributed by atoms with van der Waals surface area (Å²) in [5, 5.41) is 4.49. The van der Waals surface area contributed by atoms with Crippen LogP contribution >= 0.6 is 11.6 Å². The van der Waals surface area contributed by atoms with Crippen LogP contribution in [-0.2, 0) is 0 Å². The molecule has 112 valence electrons. The lowest BCUT2D eigenvalue weighted by Crippen LogP contribution is -2.29. The van der Waals surface area contributed by atoms with Crippen LogP contribution < -0.4 is 10.1 Å². The van der Waals surface area contributed by atoms with Gasteiger partial charge < -0.3 is 10.1 Å². The largest absolute Gasteiger partial charge is 0.495 e. The maximum atomic E-state index is 6.04. The van der Waals surface area contributed by atoms with Gasteiger partial charge in [0.15, 0.2) is 0 Å². The number of halogens is 1. The minimum Gasteiger partial charge on any atom is -0.495 e. The minimum absolute atomic E-state index is 0.279. The standard InChI is InChI=1S/C19H18ClNO/c1-22-17-7-3-6-16-14-4-2-5-15(14)18(21-19(16)17)12-8-10-13(20)11-9-12/h2-4,6-11,14-15,18,21H,5H2,1H3/t14-,15-,18-/m0/s1. The van der Waals surface area contributed by atoms with E-state index < -0.39 is 0 Å². The Labute approximate surface area is 135 Å². The summed E-state index contributed by atoms with van der Waals surface area (Å²) in [4.78, 5) is 0. The molecule has 0 aromatic heterocycles. The number of hydrogen-bond donors (Lipinski definition) is 1. The van der Waals surface area contributed by atoms with E-state index in [0.717, 1.165) is 22.9 Å². The highest BCUT2D eigenvalue weighted by molar-refractivity contribution is 6.30. The van der Waals surface area contributed by atoms with Crippen molar-refractivity contribution >= 4 is 17.3 Å². The maximum absolute atomic E-state index is 6.04. The van der Waals surface area contributed by atoms with Crippen molar-refractivity contribution in [2.24, 2.45) is 5.92 Å². The van der Waals surface area contributed by atoms with Gasteiger partial charge in [-0.3, -0.25) is 0 Å². The fraction of sp³-hybridized carbons (Fsp3) is 0.263. The van der Waals surface area contributed by atoms with E-state index in [1.165, 1.54) is 11.1 Å². The van der Waals surface area contributed by atoms with Gasteiger partial charge in [0.2, 0.25) is 0 Å². The third kappa shape index (κ3) is 2.10. The van der Waals surface area contributed by atoms with E-state index in [-0.39, 0.29) is 6.04 Å². The molecule has 2 aromatic carbocycles. The first-order chi connectivity index (χ1) is 10.8. The molecule has 1 aliphatic carbocycles. The van der Waals surface area contributed by atoms with E-state index in [1.807, 2.05) is 18.2 Å². The van der Waals surface area contributed by atoms with Gasteiger partial charge >= 0.3 is 0 Å². The first-order valence-corrected chi connectivity index (χ1v) is 8.01. The van der Waals surface area contributed by atoms with Gasteiger partial charge in [-0.25, -0.2) is 0 Å². The van der Waals surface area contributed by atoms with Crippen LogP contribution in [0.25, 0.3) is 0 Å². The highest BCUT2D eigenvalue weighted by Crippen LogP contribution is 2.52. The van der Waals surface area contributed by atoms with Gasteiger partial charge in [-0.1, -0.05) is 48.0 Å². The Hall–Kier alpha value is -1.93. The van der Waals surface area contributed by atoms with Crippen molar-refractivity contribution in [1.29, 1.82) is 0 Å². The molecule has 0 saturated carbocycles. The Morgan fingerprint density at radius 2 is 1.95 bits per heavy atom. The minimum atomic E-state index is 0.279. The van der Waals surface area contributed by atoms with Crippen LogP contribution in [0.1, 0.15) is 29.5 Å². The molecule has 0 bridgehead atoms. The van der Waals surface area contributed by atoms with E-state index in [4.69, 9.17) is 16.3 Å². The number of rotatable bonds is 2. The lowest BCUT2D eigenvalue weighted by atomic mass is 9.77. The van der Waals surface area contributed by atoms with Crippen LogP contribution in [0, 0.1) is 5.92 Å². The average Bonchev–Trinajstić information content (AvgIpc) is 3.04. The molecular weight excluding hydrogens is 294 g/mol. The second-order valence-electron chi connectivity index (χ2n) is 5.95. The summed E-state index contributed by atoms with van der Waals surface area (Å²) in [6, 6.07) is 14.7. The molecule has 2 aliphatic rings. The molecule has 0 radical (unpaired) electrons. The van der Waals surface area contributed by atoms with Crippen LogP contribution in [0.5, 0.6) is 5.75 Å². The molecule has 0 saturated heterocycles. The van der Waals surface area contributed by atoms with Gasteiger partial charge in [0.25, 0.3) is 0 Å². The topological polar surface area (TPSA) is 21.3 Å². The van der Waals surface area contributed by atoms with Crippen LogP contribution in [0.2, 0.25) is 5.02 Å². The van der Waals surface area contributed by atoms with Gasteiger partial charge in [0.1, 0.15) is 5.75 Å². The van der Waals surface area contributed by atoms with Gasteiger partial charge in [0, 0.05) is 10.9 Å². The van der Waals surface area contributed by atoms with E-state index in [2.05, 4.69) is 41.7 Å². The third-order valence-electron chi connectivity index (χ3n) is 4.81. The molecule has 3 atom stereocenters. The fourth-order valence-electron chi connectivity index (χ4n) is 3.76. The normalized spacial score (nSPS) is 25.3. The zero-order valence-corrected chi connectivity index (χ0v) is 13.2. The summed E-state index contributed by atoms with van der Waals surface area (Å²) < 4.78 is 5.56. The molecule has 1 N–H and O–H groups in total. The maximum Gasteiger partial charge on any atom is 0.142 e. The molecule has 3 heteroatoms. The molecule has 0 amide bonds. The Kier molecular flexibility index (Phi) is 3.34. The summed E-state index contributed by atoms with van der Waals surface area (Å²) in [6.07, 6.45) is 5.74. The first-order valence-electron chi connectivity index (χ1n) is 7.63. The number of anilines is 1. The fourth-order valence-corrected chi connectivity index (χ4v) is 3.89. The summed E-state index contributed by atoms with van der Waals surface area (Å²) in [7, 11) is 1.73. The summed E-state index contributed by atoms with van der Waals surface area (Å²) in [6.45, 7) is 0. The van der Waals surface area contributed by atoms with Crippen LogP contribution in [0.3, 0.4) is 0 Å². The lowest BCUT2D eigenvalue weighted by molar-refractivity contribution is 0.397. The monoisotopic (exact) mass is 311 g/mol. The van der Waals surface area contributed by atoms with Crippen LogP contribution in [-0.4, -0.2) is 7.11 Å². The predicted octanol–water partition coefficient (Wildman–Crippen LogP) is 5.18. The second-order valence-corrected chi connectivity index (χ2v) is 6.39. The van der Waals surface area contributed by atoms with Crippen LogP contribution in [0.4, 0.5) is 5.69 Å². The van der Waals surface area contributed by atoms with Crippen molar-refractivity contribution in [3.63, 3.8) is 0 Å². The van der Waals surface area contributed by atoms with E-state index in [9.17, 15) is 0 Å². The highest BCUT2D eigenvalue weighted by atomic mass is 35.5.